The Hall–Kier alpha value is -5.09. The van der Waals surface area contributed by atoms with Crippen molar-refractivity contribution in [3.05, 3.63) is 100 Å². The molecule has 1 aromatic heterocycles. The number of alkyl halides is 1. The molecule has 1 aliphatic carbocycles. The minimum absolute atomic E-state index is 0.0187. The highest BCUT2D eigenvalue weighted by Gasteiger charge is 2.64. The van der Waals surface area contributed by atoms with Crippen LogP contribution in [0.3, 0.4) is 0 Å². The first kappa shape index (κ1) is 42.6. The zero-order valence-electron chi connectivity index (χ0n) is 34.6. The Morgan fingerprint density at radius 1 is 1.03 bits per heavy atom. The third-order valence-corrected chi connectivity index (χ3v) is 15.9. The first-order valence-corrected chi connectivity index (χ1v) is 23.7. The van der Waals surface area contributed by atoms with Gasteiger partial charge in [-0.05, 0) is 112 Å². The number of rotatable bonds is 13. The lowest BCUT2D eigenvalue weighted by Gasteiger charge is -2.35. The number of nitrogens with zero attached hydrogens (tertiary/aromatic N) is 3. The highest BCUT2D eigenvalue weighted by molar-refractivity contribution is 7.57. The van der Waals surface area contributed by atoms with Crippen molar-refractivity contribution in [1.82, 2.24) is 20.2 Å². The molecule has 4 aliphatic rings. The molecule has 3 aromatic carbocycles. The summed E-state index contributed by atoms with van der Waals surface area (Å²) in [5, 5.41) is 16.5. The Balaban J connectivity index is 0.981. The predicted molar refractivity (Wildman–Crippen MR) is 230 cm³/mol. The number of carbonyl (C=O) groups is 4. The Morgan fingerprint density at radius 2 is 1.82 bits per heavy atom. The molecule has 4 heterocycles. The number of aryl methyl sites for hydroxylation is 1. The number of likely N-dealkylation sites (tertiary alicyclic amines) is 1. The summed E-state index contributed by atoms with van der Waals surface area (Å²) in [5.41, 5.74) is 1.65. The standard InChI is InChI=1S/C46H51FN5O7PS/c1-4-22-58-45(56)29(3)50-60(57,59-34-13-6-5-7-14-34)41(47)31-16-19-39-32(24-31)25-40(61-39)42(53)49-37-15-9-12-33-17-18-38(52(33)43(37)54)44(55)51-27-35(30-11-8-10-28(2)23-30)36(26-48)46(51)20-21-46/h5-8,10-11,13-14,16,19,23-25,29,33,35-38,41H,4,9,12,15,17-18,20-22,27H2,1-3H3,(H,49,53)(H,50,57)/t29-,33-,35+,36+,37-,38-,41+,60?/m0/s1. The molecule has 4 aromatic rings. The fourth-order valence-corrected chi connectivity index (χ4v) is 12.4. The molecule has 1 unspecified atom stereocenters. The van der Waals surface area contributed by atoms with Gasteiger partial charge in [0.05, 0.1) is 29.0 Å². The van der Waals surface area contributed by atoms with Gasteiger partial charge in [0, 0.05) is 23.2 Å². The lowest BCUT2D eigenvalue weighted by atomic mass is 9.84. The van der Waals surface area contributed by atoms with Gasteiger partial charge in [0.15, 0.2) is 0 Å². The molecule has 1 spiro atoms. The number of nitrogens with one attached hydrogen (secondary N) is 2. The summed E-state index contributed by atoms with van der Waals surface area (Å²) >= 11 is 1.18. The van der Waals surface area contributed by atoms with E-state index in [1.807, 2.05) is 36.9 Å². The summed E-state index contributed by atoms with van der Waals surface area (Å²) < 4.78 is 42.5. The number of hydrogen-bond donors (Lipinski definition) is 2. The summed E-state index contributed by atoms with van der Waals surface area (Å²) in [7, 11) is -4.46. The van der Waals surface area contributed by atoms with E-state index in [1.54, 1.807) is 47.4 Å². The molecule has 2 N–H and O–H groups in total. The summed E-state index contributed by atoms with van der Waals surface area (Å²) in [6.07, 6.45) is 5.17. The van der Waals surface area contributed by atoms with Gasteiger partial charge in [-0.25, -0.2) is 9.48 Å². The zero-order valence-corrected chi connectivity index (χ0v) is 36.3. The van der Waals surface area contributed by atoms with Gasteiger partial charge in [-0.1, -0.05) is 61.0 Å². The van der Waals surface area contributed by atoms with Crippen molar-refractivity contribution in [2.75, 3.05) is 13.2 Å². The largest absolute Gasteiger partial charge is 0.465 e. The van der Waals surface area contributed by atoms with Crippen molar-refractivity contribution in [2.24, 2.45) is 5.92 Å². The number of benzene rings is 3. The van der Waals surface area contributed by atoms with E-state index in [1.165, 1.54) is 30.4 Å². The minimum atomic E-state index is -4.46. The zero-order chi connectivity index (χ0) is 43.1. The van der Waals surface area contributed by atoms with E-state index in [4.69, 9.17) is 9.26 Å². The number of esters is 1. The maximum Gasteiger partial charge on any atom is 0.355 e. The Bertz CT molecular complexity index is 2420. The van der Waals surface area contributed by atoms with Gasteiger partial charge in [0.2, 0.25) is 17.7 Å². The van der Waals surface area contributed by atoms with E-state index in [0.29, 0.717) is 53.6 Å². The molecule has 3 saturated heterocycles. The van der Waals surface area contributed by atoms with E-state index in [2.05, 4.69) is 22.5 Å². The van der Waals surface area contributed by atoms with Crippen LogP contribution in [0.15, 0.2) is 78.9 Å². The summed E-state index contributed by atoms with van der Waals surface area (Å²) in [6.45, 7) is 5.89. The molecule has 61 heavy (non-hydrogen) atoms. The van der Waals surface area contributed by atoms with Crippen LogP contribution < -0.4 is 14.9 Å². The van der Waals surface area contributed by atoms with Crippen molar-refractivity contribution < 1.29 is 37.4 Å². The topological polar surface area (TPSA) is 158 Å². The van der Waals surface area contributed by atoms with E-state index < -0.39 is 49.0 Å². The van der Waals surface area contributed by atoms with Gasteiger partial charge in [0.1, 0.15) is 23.9 Å². The maximum absolute atomic E-state index is 16.6. The number of thiophene rings is 1. The van der Waals surface area contributed by atoms with Gasteiger partial charge in [-0.2, -0.15) is 5.26 Å². The first-order valence-electron chi connectivity index (χ1n) is 21.2. The Labute approximate surface area is 359 Å². The molecule has 8 rings (SSSR count). The molecule has 320 valence electrons. The van der Waals surface area contributed by atoms with Crippen LogP contribution >= 0.6 is 18.9 Å². The molecular weight excluding hydrogens is 817 g/mol. The van der Waals surface area contributed by atoms with Crippen LogP contribution in [0.1, 0.15) is 103 Å². The normalized spacial score (nSPS) is 24.9. The number of carbonyl (C=O) groups excluding carboxylic acids is 4. The highest BCUT2D eigenvalue weighted by Crippen LogP contribution is 2.59. The van der Waals surface area contributed by atoms with E-state index >= 15 is 4.39 Å². The summed E-state index contributed by atoms with van der Waals surface area (Å²) in [4.78, 5) is 59.4. The van der Waals surface area contributed by atoms with Crippen molar-refractivity contribution in [3.8, 4) is 11.8 Å². The highest BCUT2D eigenvalue weighted by atomic mass is 32.1. The van der Waals surface area contributed by atoms with Gasteiger partial charge in [-0.3, -0.25) is 23.7 Å². The first-order chi connectivity index (χ1) is 29.4. The molecule has 1 saturated carbocycles. The lowest BCUT2D eigenvalue weighted by Crippen LogP contribution is -2.56. The Morgan fingerprint density at radius 3 is 2.54 bits per heavy atom. The van der Waals surface area contributed by atoms with Gasteiger partial charge in [0.25, 0.3) is 5.91 Å². The predicted octanol–water partition coefficient (Wildman–Crippen LogP) is 8.32. The van der Waals surface area contributed by atoms with Crippen LogP contribution in [-0.2, 0) is 23.7 Å². The van der Waals surface area contributed by atoms with Gasteiger partial charge < -0.3 is 24.4 Å². The van der Waals surface area contributed by atoms with Crippen molar-refractivity contribution in [2.45, 2.75) is 114 Å². The van der Waals surface area contributed by atoms with Crippen LogP contribution in [0.4, 0.5) is 4.39 Å². The average molecular weight is 868 g/mol. The van der Waals surface area contributed by atoms with Crippen molar-refractivity contribution >= 4 is 52.6 Å². The molecule has 0 bridgehead atoms. The van der Waals surface area contributed by atoms with Crippen molar-refractivity contribution in [3.63, 3.8) is 0 Å². The molecule has 4 fully saturated rings. The van der Waals surface area contributed by atoms with Gasteiger partial charge >= 0.3 is 13.5 Å². The lowest BCUT2D eigenvalue weighted by molar-refractivity contribution is -0.147. The van der Waals surface area contributed by atoms with E-state index in [9.17, 15) is 29.0 Å². The SMILES string of the molecule is CCCOC(=O)[C@H](C)NP(=O)(Oc1ccccc1)[C@@H](F)c1ccc2sc(C(=O)N[C@H]3CCC[C@H]4CC[C@@H](C(=O)N5C[C@H](c6cccc(C)c6)[C@@H](C#N)C56CC6)N4C3=O)cc2c1. The second-order valence-electron chi connectivity index (χ2n) is 16.9. The molecule has 3 amide bonds. The second-order valence-corrected chi connectivity index (χ2v) is 20.1. The summed E-state index contributed by atoms with van der Waals surface area (Å²) in [5.74, 6) is -4.03. The van der Waals surface area contributed by atoms with E-state index in [0.717, 1.165) is 30.4 Å². The third kappa shape index (κ3) is 8.32. The number of halogens is 1. The minimum Gasteiger partial charge on any atom is -0.465 e. The monoisotopic (exact) mass is 867 g/mol. The number of ether oxygens (including phenoxy) is 1. The van der Waals surface area contributed by atoms with Crippen LogP contribution in [0.25, 0.3) is 10.1 Å². The average Bonchev–Trinajstić information content (AvgIpc) is 3.62. The molecule has 0 radical (unpaired) electrons. The van der Waals surface area contributed by atoms with Crippen molar-refractivity contribution in [1.29, 1.82) is 5.26 Å². The van der Waals surface area contributed by atoms with Crippen LogP contribution in [0, 0.1) is 24.2 Å². The number of amides is 3. The number of hydrogen-bond acceptors (Lipinski definition) is 9. The second kappa shape index (κ2) is 17.3. The number of para-hydroxylation sites is 1. The maximum atomic E-state index is 16.6. The quantitative estimate of drug-likeness (QED) is 0.0996. The fourth-order valence-electron chi connectivity index (χ4n) is 9.54. The third-order valence-electron chi connectivity index (χ3n) is 12.7. The van der Waals surface area contributed by atoms with Crippen LogP contribution in [0.5, 0.6) is 5.75 Å². The molecule has 15 heteroatoms. The molecule has 12 nitrogen and oxygen atoms in total. The molecular formula is C46H51FN5O7PS. The number of fused-ring (bicyclic) bond motifs is 2. The van der Waals surface area contributed by atoms with Crippen LogP contribution in [0.2, 0.25) is 0 Å². The van der Waals surface area contributed by atoms with Gasteiger partial charge in [-0.15, -0.1) is 11.3 Å². The Kier molecular flexibility index (Phi) is 12.1. The fraction of sp³-hybridized carbons (Fsp3) is 0.457. The summed E-state index contributed by atoms with van der Waals surface area (Å²) in [6, 6.07) is 22.3. The molecule has 3 aliphatic heterocycles. The number of nitriles is 1. The van der Waals surface area contributed by atoms with Crippen LogP contribution in [-0.4, -0.2) is 76.3 Å². The smallest absolute Gasteiger partial charge is 0.355 e. The molecule has 8 atom stereocenters. The van der Waals surface area contributed by atoms with E-state index in [-0.39, 0.29) is 47.6 Å².